The van der Waals surface area contributed by atoms with Crippen LogP contribution in [0.15, 0.2) is 10.8 Å². The molecule has 0 unspecified atom stereocenters. The van der Waals surface area contributed by atoms with Crippen molar-refractivity contribution in [2.45, 2.75) is 51.3 Å². The van der Waals surface area contributed by atoms with Crippen molar-refractivity contribution in [3.05, 3.63) is 17.8 Å². The summed E-state index contributed by atoms with van der Waals surface area (Å²) in [5.74, 6) is -0.0399. The maximum Gasteiger partial charge on any atom is 0.289 e. The number of hydrogen-bond donors (Lipinski definition) is 2. The van der Waals surface area contributed by atoms with Gasteiger partial charge < -0.3 is 19.7 Å². The minimum absolute atomic E-state index is 0.00369. The minimum atomic E-state index is -0.634. The average molecular weight is 350 g/mol. The molecule has 25 heavy (non-hydrogen) atoms. The summed E-state index contributed by atoms with van der Waals surface area (Å²) < 4.78 is 5.13. The third-order valence-corrected chi connectivity index (χ3v) is 5.32. The summed E-state index contributed by atoms with van der Waals surface area (Å²) in [5.41, 5.74) is 0.541. The Bertz CT molecular complexity index is 624. The molecule has 1 aliphatic heterocycles. The Morgan fingerprint density at radius 1 is 1.28 bits per heavy atom. The number of nitrogens with one attached hydrogen (secondary N) is 1. The summed E-state index contributed by atoms with van der Waals surface area (Å²) in [6.07, 6.45) is 3.19. The van der Waals surface area contributed by atoms with Gasteiger partial charge in [-0.1, -0.05) is 0 Å². The molecule has 2 aliphatic rings. The molecule has 2 fully saturated rings. The van der Waals surface area contributed by atoms with Gasteiger partial charge in [0.1, 0.15) is 0 Å². The van der Waals surface area contributed by atoms with Crippen LogP contribution in [-0.4, -0.2) is 76.1 Å². The SMILES string of the molecule is CC(=O)N1CCN([C@@H]2CCC[C@@H](NC(=O)c3ocnc3C)[C@H]2O)CC1. The molecule has 0 radical (unpaired) electrons. The molecule has 0 spiro atoms. The highest BCUT2D eigenvalue weighted by Crippen LogP contribution is 2.25. The number of aromatic nitrogens is 1. The molecule has 0 aromatic carbocycles. The van der Waals surface area contributed by atoms with Crippen molar-refractivity contribution in [2.24, 2.45) is 0 Å². The van der Waals surface area contributed by atoms with Gasteiger partial charge in [0.25, 0.3) is 5.91 Å². The van der Waals surface area contributed by atoms with E-state index in [-0.39, 0.29) is 29.7 Å². The first-order valence-electron chi connectivity index (χ1n) is 8.86. The van der Waals surface area contributed by atoms with E-state index in [0.29, 0.717) is 18.8 Å². The lowest BCUT2D eigenvalue weighted by molar-refractivity contribution is -0.131. The molecular formula is C17H26N4O4. The van der Waals surface area contributed by atoms with E-state index in [0.717, 1.165) is 32.4 Å². The summed E-state index contributed by atoms with van der Waals surface area (Å²) in [6.45, 7) is 6.18. The van der Waals surface area contributed by atoms with Crippen molar-refractivity contribution < 1.29 is 19.1 Å². The number of amides is 2. The molecule has 1 saturated heterocycles. The topological polar surface area (TPSA) is 98.9 Å². The summed E-state index contributed by atoms with van der Waals surface area (Å²) >= 11 is 0. The Hall–Kier alpha value is -1.93. The summed E-state index contributed by atoms with van der Waals surface area (Å²) in [6, 6.07) is -0.300. The minimum Gasteiger partial charge on any atom is -0.438 e. The second-order valence-corrected chi connectivity index (χ2v) is 6.88. The van der Waals surface area contributed by atoms with Crippen LogP contribution in [0.3, 0.4) is 0 Å². The van der Waals surface area contributed by atoms with Gasteiger partial charge >= 0.3 is 0 Å². The Balaban J connectivity index is 1.59. The van der Waals surface area contributed by atoms with Gasteiger partial charge in [-0.3, -0.25) is 14.5 Å². The van der Waals surface area contributed by atoms with Gasteiger partial charge in [-0.2, -0.15) is 0 Å². The smallest absolute Gasteiger partial charge is 0.289 e. The van der Waals surface area contributed by atoms with Gasteiger partial charge in [0.2, 0.25) is 11.7 Å². The molecule has 3 rings (SSSR count). The van der Waals surface area contributed by atoms with E-state index in [9.17, 15) is 14.7 Å². The van der Waals surface area contributed by atoms with E-state index in [1.165, 1.54) is 6.39 Å². The predicted octanol–water partition coefficient (Wildman–Crippen LogP) is 0.159. The molecular weight excluding hydrogens is 324 g/mol. The molecule has 2 N–H and O–H groups in total. The number of aliphatic hydroxyl groups is 1. The monoisotopic (exact) mass is 350 g/mol. The van der Waals surface area contributed by atoms with Gasteiger partial charge in [-0.15, -0.1) is 0 Å². The van der Waals surface area contributed by atoms with Crippen LogP contribution in [0, 0.1) is 6.92 Å². The van der Waals surface area contributed by atoms with Crippen molar-refractivity contribution in [1.29, 1.82) is 0 Å². The Morgan fingerprint density at radius 3 is 2.60 bits per heavy atom. The van der Waals surface area contributed by atoms with E-state index in [1.54, 1.807) is 13.8 Å². The molecule has 8 heteroatoms. The fourth-order valence-electron chi connectivity index (χ4n) is 3.83. The van der Waals surface area contributed by atoms with Crippen LogP contribution in [0.4, 0.5) is 0 Å². The molecule has 2 heterocycles. The molecule has 8 nitrogen and oxygen atoms in total. The van der Waals surface area contributed by atoms with Gasteiger partial charge in [0.05, 0.1) is 17.8 Å². The largest absolute Gasteiger partial charge is 0.438 e. The van der Waals surface area contributed by atoms with E-state index in [2.05, 4.69) is 15.2 Å². The average Bonchev–Trinajstić information content (AvgIpc) is 3.03. The van der Waals surface area contributed by atoms with Gasteiger partial charge in [0.15, 0.2) is 6.39 Å². The first-order chi connectivity index (χ1) is 12.0. The zero-order valence-electron chi connectivity index (χ0n) is 14.8. The quantitative estimate of drug-likeness (QED) is 0.806. The summed E-state index contributed by atoms with van der Waals surface area (Å²) in [4.78, 5) is 31.8. The highest BCUT2D eigenvalue weighted by Gasteiger charge is 2.38. The summed E-state index contributed by atoms with van der Waals surface area (Å²) in [7, 11) is 0. The number of nitrogens with zero attached hydrogens (tertiary/aromatic N) is 3. The number of aryl methyl sites for hydroxylation is 1. The third-order valence-electron chi connectivity index (χ3n) is 5.32. The number of carbonyl (C=O) groups excluding carboxylic acids is 2. The standard InChI is InChI=1S/C17H26N4O4/c1-11-16(25-10-18-11)17(24)19-13-4-3-5-14(15(13)23)21-8-6-20(7-9-21)12(2)22/h10,13-15,23H,3-9H2,1-2H3,(H,19,24)/t13-,14-,15-/m1/s1. The molecule has 1 aliphatic carbocycles. The van der Waals surface area contributed by atoms with Crippen molar-refractivity contribution in [3.63, 3.8) is 0 Å². The number of carbonyl (C=O) groups is 2. The Morgan fingerprint density at radius 2 is 2.00 bits per heavy atom. The van der Waals surface area contributed by atoms with Crippen molar-refractivity contribution in [2.75, 3.05) is 26.2 Å². The number of aliphatic hydroxyl groups excluding tert-OH is 1. The lowest BCUT2D eigenvalue weighted by atomic mass is 9.86. The molecule has 1 aromatic rings. The lowest BCUT2D eigenvalue weighted by Crippen LogP contribution is -2.60. The van der Waals surface area contributed by atoms with Crippen molar-refractivity contribution in [1.82, 2.24) is 20.1 Å². The van der Waals surface area contributed by atoms with Crippen LogP contribution in [0.1, 0.15) is 42.4 Å². The fourth-order valence-corrected chi connectivity index (χ4v) is 3.83. The fraction of sp³-hybridized carbons (Fsp3) is 0.706. The molecule has 3 atom stereocenters. The molecule has 138 valence electrons. The van der Waals surface area contributed by atoms with E-state index >= 15 is 0 Å². The van der Waals surface area contributed by atoms with Crippen molar-refractivity contribution >= 4 is 11.8 Å². The van der Waals surface area contributed by atoms with Crippen LogP contribution in [-0.2, 0) is 4.79 Å². The Labute approximate surface area is 147 Å². The van der Waals surface area contributed by atoms with E-state index in [1.807, 2.05) is 4.90 Å². The highest BCUT2D eigenvalue weighted by atomic mass is 16.3. The summed E-state index contributed by atoms with van der Waals surface area (Å²) in [5, 5.41) is 13.7. The lowest BCUT2D eigenvalue weighted by Gasteiger charge is -2.44. The predicted molar refractivity (Wildman–Crippen MR) is 90.0 cm³/mol. The van der Waals surface area contributed by atoms with Crippen LogP contribution in [0.25, 0.3) is 0 Å². The number of oxazole rings is 1. The Kier molecular flexibility index (Phi) is 5.39. The maximum absolute atomic E-state index is 12.3. The van der Waals surface area contributed by atoms with E-state index in [4.69, 9.17) is 4.42 Å². The first-order valence-corrected chi connectivity index (χ1v) is 8.86. The third kappa shape index (κ3) is 3.85. The number of piperazine rings is 1. The number of hydrogen-bond acceptors (Lipinski definition) is 6. The molecule has 1 saturated carbocycles. The van der Waals surface area contributed by atoms with Crippen LogP contribution < -0.4 is 5.32 Å². The zero-order valence-corrected chi connectivity index (χ0v) is 14.8. The normalized spacial score (nSPS) is 28.0. The highest BCUT2D eigenvalue weighted by molar-refractivity contribution is 5.92. The van der Waals surface area contributed by atoms with Crippen LogP contribution in [0.5, 0.6) is 0 Å². The molecule has 1 aromatic heterocycles. The molecule has 0 bridgehead atoms. The second-order valence-electron chi connectivity index (χ2n) is 6.88. The second kappa shape index (κ2) is 7.53. The number of rotatable bonds is 3. The van der Waals surface area contributed by atoms with Crippen LogP contribution >= 0.6 is 0 Å². The van der Waals surface area contributed by atoms with Gasteiger partial charge in [-0.05, 0) is 26.2 Å². The molecule has 2 amide bonds. The van der Waals surface area contributed by atoms with Gasteiger partial charge in [-0.25, -0.2) is 4.98 Å². The maximum atomic E-state index is 12.3. The zero-order chi connectivity index (χ0) is 18.0. The van der Waals surface area contributed by atoms with Crippen molar-refractivity contribution in [3.8, 4) is 0 Å². The van der Waals surface area contributed by atoms with Gasteiger partial charge in [0, 0.05) is 39.1 Å². The van der Waals surface area contributed by atoms with Crippen LogP contribution in [0.2, 0.25) is 0 Å². The first kappa shape index (κ1) is 17.9. The van der Waals surface area contributed by atoms with E-state index < -0.39 is 6.10 Å².